The van der Waals surface area contributed by atoms with E-state index >= 15 is 0 Å². The first kappa shape index (κ1) is 25.9. The second-order valence-corrected chi connectivity index (χ2v) is 22.5. The predicted molar refractivity (Wildman–Crippen MR) is 139 cm³/mol. The molecular weight excluding hydrogens is 483 g/mol. The van der Waals surface area contributed by atoms with Gasteiger partial charge in [0.25, 0.3) is 0 Å². The van der Waals surface area contributed by atoms with E-state index < -0.39 is 18.4 Å². The molecule has 2 aromatic carbocycles. The molecule has 0 saturated heterocycles. The Bertz CT molecular complexity index is 833. The van der Waals surface area contributed by atoms with Gasteiger partial charge < -0.3 is 0 Å². The van der Waals surface area contributed by atoms with Crippen molar-refractivity contribution in [3.63, 3.8) is 0 Å². The number of aromatic hydroxyl groups is 1. The van der Waals surface area contributed by atoms with Crippen LogP contribution in [0.3, 0.4) is 0 Å². The van der Waals surface area contributed by atoms with Crippen LogP contribution < -0.4 is 3.58 Å². The maximum absolute atomic E-state index is 9.52. The summed E-state index contributed by atoms with van der Waals surface area (Å²) in [5.74, 6) is 7.59. The standard InChI is InChI=1S/C17H15O.3C4H9.Sn/c1-13(2)16-9-5-14(6-10-16)3-4-15-7-11-17(18)12-8-15;3*1-3-4-2;/h5-9,11-13,18H,1-2H3;3*1,3-4H2,2H3;. The molecule has 0 aromatic heterocycles. The molecule has 31 heavy (non-hydrogen) atoms. The van der Waals surface area contributed by atoms with Gasteiger partial charge in [0.05, 0.1) is 0 Å². The minimum absolute atomic E-state index is 0.288. The van der Waals surface area contributed by atoms with Crippen LogP contribution in [0.4, 0.5) is 0 Å². The molecule has 0 unspecified atom stereocenters. The Morgan fingerprint density at radius 2 is 1.23 bits per heavy atom. The quantitative estimate of drug-likeness (QED) is 0.233. The summed E-state index contributed by atoms with van der Waals surface area (Å²) in [6, 6.07) is 14.3. The number of benzene rings is 2. The predicted octanol–water partition coefficient (Wildman–Crippen LogP) is 7.97. The molecule has 2 rings (SSSR count). The molecule has 0 bridgehead atoms. The van der Waals surface area contributed by atoms with Gasteiger partial charge in [-0.2, -0.15) is 0 Å². The van der Waals surface area contributed by atoms with E-state index in [1.54, 1.807) is 21.3 Å². The molecule has 2 aromatic rings. The van der Waals surface area contributed by atoms with Crippen molar-refractivity contribution in [1.82, 2.24) is 0 Å². The summed E-state index contributed by atoms with van der Waals surface area (Å²) in [5, 5.41) is 9.52. The van der Waals surface area contributed by atoms with Gasteiger partial charge in [-0.25, -0.2) is 0 Å². The Balaban J connectivity index is 2.55. The van der Waals surface area contributed by atoms with Gasteiger partial charge >= 0.3 is 196 Å². The van der Waals surface area contributed by atoms with Gasteiger partial charge in [-0.15, -0.1) is 0 Å². The van der Waals surface area contributed by atoms with Gasteiger partial charge in [0.2, 0.25) is 0 Å². The number of phenols is 1. The monoisotopic (exact) mass is 526 g/mol. The number of hydrogen-bond donors (Lipinski definition) is 1. The summed E-state index contributed by atoms with van der Waals surface area (Å²) in [5.41, 5.74) is 3.69. The molecule has 0 heterocycles. The normalized spacial score (nSPS) is 11.4. The fourth-order valence-corrected chi connectivity index (χ4v) is 22.0. The molecule has 0 aliphatic heterocycles. The van der Waals surface area contributed by atoms with Gasteiger partial charge in [0.15, 0.2) is 0 Å². The van der Waals surface area contributed by atoms with Crippen LogP contribution in [0.25, 0.3) is 0 Å². The van der Waals surface area contributed by atoms with Gasteiger partial charge in [-0.3, -0.25) is 0 Å². The zero-order valence-electron chi connectivity index (χ0n) is 20.4. The molecular formula is C29H42OSn. The van der Waals surface area contributed by atoms with Crippen molar-refractivity contribution >= 4 is 22.0 Å². The van der Waals surface area contributed by atoms with E-state index in [0.29, 0.717) is 5.92 Å². The number of phenolic OH excluding ortho intramolecular Hbond substituents is 1. The summed E-state index contributed by atoms with van der Waals surface area (Å²) in [7, 11) is 0. The Hall–Kier alpha value is -1.40. The SMILES string of the molecule is CCC[CH2][Sn]([CH2]CCC)([CH2]CCC)[c]1cc(C#Cc2ccc(O)cc2)ccc1C(C)C. The van der Waals surface area contributed by atoms with Crippen LogP contribution in [0.1, 0.15) is 95.8 Å². The molecule has 168 valence electrons. The van der Waals surface area contributed by atoms with Crippen LogP contribution in [0.15, 0.2) is 42.5 Å². The van der Waals surface area contributed by atoms with Crippen LogP contribution in [0, 0.1) is 11.8 Å². The Kier molecular flexibility index (Phi) is 11.0. The van der Waals surface area contributed by atoms with E-state index in [4.69, 9.17) is 0 Å². The second kappa shape index (κ2) is 13.2. The van der Waals surface area contributed by atoms with E-state index in [0.717, 1.165) is 11.1 Å². The third-order valence-electron chi connectivity index (χ3n) is 6.49. The molecule has 0 saturated carbocycles. The van der Waals surface area contributed by atoms with Crippen LogP contribution in [0.2, 0.25) is 13.3 Å². The molecule has 0 radical (unpaired) electrons. The van der Waals surface area contributed by atoms with E-state index in [-0.39, 0.29) is 5.75 Å². The molecule has 0 amide bonds. The molecule has 0 atom stereocenters. The average Bonchev–Trinajstić information content (AvgIpc) is 2.78. The Morgan fingerprint density at radius 1 is 0.742 bits per heavy atom. The first-order chi connectivity index (χ1) is 15.0. The van der Waals surface area contributed by atoms with Crippen molar-refractivity contribution in [2.75, 3.05) is 0 Å². The van der Waals surface area contributed by atoms with Crippen LogP contribution in [0.5, 0.6) is 5.75 Å². The molecule has 1 nitrogen and oxygen atoms in total. The average molecular weight is 525 g/mol. The van der Waals surface area contributed by atoms with Crippen molar-refractivity contribution in [3.8, 4) is 17.6 Å². The molecule has 2 heteroatoms. The van der Waals surface area contributed by atoms with Crippen LogP contribution >= 0.6 is 0 Å². The van der Waals surface area contributed by atoms with Crippen molar-refractivity contribution < 1.29 is 5.11 Å². The Morgan fingerprint density at radius 3 is 1.71 bits per heavy atom. The van der Waals surface area contributed by atoms with Gasteiger partial charge in [-0.05, 0) is 0 Å². The zero-order valence-corrected chi connectivity index (χ0v) is 23.3. The maximum atomic E-state index is 9.52. The van der Waals surface area contributed by atoms with E-state index in [1.165, 1.54) is 51.8 Å². The van der Waals surface area contributed by atoms with Crippen molar-refractivity contribution in [2.24, 2.45) is 0 Å². The van der Waals surface area contributed by atoms with Gasteiger partial charge in [0.1, 0.15) is 0 Å². The fraction of sp³-hybridized carbons (Fsp3) is 0.517. The molecule has 0 aliphatic rings. The van der Waals surface area contributed by atoms with Crippen molar-refractivity contribution in [2.45, 2.75) is 92.4 Å². The van der Waals surface area contributed by atoms with E-state index in [2.05, 4.69) is 64.7 Å². The summed E-state index contributed by atoms with van der Waals surface area (Å²) in [6.45, 7) is 11.8. The van der Waals surface area contributed by atoms with Crippen LogP contribution in [-0.2, 0) is 0 Å². The third-order valence-corrected chi connectivity index (χ3v) is 22.2. The van der Waals surface area contributed by atoms with E-state index in [9.17, 15) is 5.11 Å². The first-order valence-corrected chi connectivity index (χ1v) is 19.9. The Labute approximate surface area is 195 Å². The molecule has 0 fully saturated rings. The fourth-order valence-electron chi connectivity index (χ4n) is 4.61. The number of rotatable bonds is 11. The van der Waals surface area contributed by atoms with E-state index in [1.807, 2.05) is 12.1 Å². The minimum atomic E-state index is -2.54. The third kappa shape index (κ3) is 7.60. The summed E-state index contributed by atoms with van der Waals surface area (Å²) in [6.07, 6.45) is 8.04. The summed E-state index contributed by atoms with van der Waals surface area (Å²) >= 11 is -2.54. The summed E-state index contributed by atoms with van der Waals surface area (Å²) in [4.78, 5) is 0. The van der Waals surface area contributed by atoms with Gasteiger partial charge in [0, 0.05) is 0 Å². The van der Waals surface area contributed by atoms with Gasteiger partial charge in [-0.1, -0.05) is 0 Å². The van der Waals surface area contributed by atoms with Crippen molar-refractivity contribution in [3.05, 3.63) is 59.2 Å². The molecule has 1 N–H and O–H groups in total. The number of unbranched alkanes of at least 4 members (excludes halogenated alkanes) is 3. The molecule has 0 aliphatic carbocycles. The molecule has 0 spiro atoms. The zero-order chi connectivity index (χ0) is 22.7. The summed E-state index contributed by atoms with van der Waals surface area (Å²) < 4.78 is 6.22. The van der Waals surface area contributed by atoms with Crippen molar-refractivity contribution in [1.29, 1.82) is 0 Å². The second-order valence-electron chi connectivity index (χ2n) is 9.34. The number of hydrogen-bond acceptors (Lipinski definition) is 1. The topological polar surface area (TPSA) is 20.2 Å². The first-order valence-electron chi connectivity index (χ1n) is 12.4. The van der Waals surface area contributed by atoms with Crippen LogP contribution in [-0.4, -0.2) is 23.5 Å².